The van der Waals surface area contributed by atoms with Gasteiger partial charge in [-0.25, -0.2) is 0 Å². The summed E-state index contributed by atoms with van der Waals surface area (Å²) in [5.41, 5.74) is 1.69. The first-order chi connectivity index (χ1) is 10.4. The molecule has 0 N–H and O–H groups in total. The van der Waals surface area contributed by atoms with E-state index < -0.39 is 0 Å². The monoisotopic (exact) mass is 296 g/mol. The molecule has 5 nitrogen and oxygen atoms in total. The van der Waals surface area contributed by atoms with E-state index in [1.54, 1.807) is 24.4 Å². The predicted octanol–water partition coefficient (Wildman–Crippen LogP) is 3.08. The van der Waals surface area contributed by atoms with Crippen LogP contribution in [0.3, 0.4) is 0 Å². The fourth-order valence-corrected chi connectivity index (χ4v) is 2.85. The summed E-state index contributed by atoms with van der Waals surface area (Å²) >= 11 is 1.55. The number of rotatable bonds is 5. The Labute approximate surface area is 126 Å². The van der Waals surface area contributed by atoms with Gasteiger partial charge in [-0.05, 0) is 23.8 Å². The number of furan rings is 1. The van der Waals surface area contributed by atoms with Crippen LogP contribution in [-0.2, 0) is 12.3 Å². The van der Waals surface area contributed by atoms with Gasteiger partial charge in [0.1, 0.15) is 12.1 Å². The highest BCUT2D eigenvalue weighted by molar-refractivity contribution is 7.98. The van der Waals surface area contributed by atoms with Crippen LogP contribution in [0.5, 0.6) is 0 Å². The lowest BCUT2D eigenvalue weighted by Gasteiger charge is -2.05. The molecule has 0 amide bonds. The van der Waals surface area contributed by atoms with Gasteiger partial charge < -0.3 is 8.98 Å². The number of thioether (sulfide) groups is 1. The number of nitriles is 1. The molecule has 0 aliphatic rings. The number of hydrogen-bond acceptors (Lipinski definition) is 5. The van der Waals surface area contributed by atoms with E-state index >= 15 is 0 Å². The van der Waals surface area contributed by atoms with Crippen LogP contribution in [0.1, 0.15) is 16.9 Å². The van der Waals surface area contributed by atoms with Gasteiger partial charge in [0.05, 0.1) is 24.4 Å². The molecule has 0 saturated carbocycles. The molecule has 6 heteroatoms. The van der Waals surface area contributed by atoms with Crippen molar-refractivity contribution in [1.82, 2.24) is 14.8 Å². The Morgan fingerprint density at radius 3 is 2.95 bits per heavy atom. The Morgan fingerprint density at radius 2 is 2.14 bits per heavy atom. The largest absolute Gasteiger partial charge is 0.467 e. The molecule has 0 aliphatic carbocycles. The maximum absolute atomic E-state index is 9.10. The zero-order chi connectivity index (χ0) is 14.5. The van der Waals surface area contributed by atoms with Crippen LogP contribution in [0.4, 0.5) is 0 Å². The summed E-state index contributed by atoms with van der Waals surface area (Å²) in [6, 6.07) is 13.6. The molecule has 0 aliphatic heterocycles. The highest BCUT2D eigenvalue weighted by Gasteiger charge is 2.09. The Hall–Kier alpha value is -2.52. The predicted molar refractivity (Wildman–Crippen MR) is 78.6 cm³/mol. The Morgan fingerprint density at radius 1 is 1.24 bits per heavy atom. The normalized spacial score (nSPS) is 10.4. The van der Waals surface area contributed by atoms with Crippen LogP contribution in [0, 0.1) is 11.3 Å². The van der Waals surface area contributed by atoms with Crippen molar-refractivity contribution in [3.8, 4) is 6.07 Å². The number of hydrogen-bond donors (Lipinski definition) is 0. The van der Waals surface area contributed by atoms with Gasteiger partial charge >= 0.3 is 0 Å². The van der Waals surface area contributed by atoms with E-state index in [4.69, 9.17) is 9.68 Å². The van der Waals surface area contributed by atoms with Crippen LogP contribution in [0.2, 0.25) is 0 Å². The van der Waals surface area contributed by atoms with E-state index in [1.165, 1.54) is 0 Å². The Balaban J connectivity index is 1.72. The van der Waals surface area contributed by atoms with Gasteiger partial charge in [0.25, 0.3) is 0 Å². The van der Waals surface area contributed by atoms with Crippen molar-refractivity contribution in [2.75, 3.05) is 0 Å². The second kappa shape index (κ2) is 6.29. The molecular formula is C15H12N4OS. The molecule has 3 aromatic rings. The van der Waals surface area contributed by atoms with E-state index in [1.807, 2.05) is 41.0 Å². The van der Waals surface area contributed by atoms with Crippen LogP contribution < -0.4 is 0 Å². The summed E-state index contributed by atoms with van der Waals surface area (Å²) in [5, 5.41) is 18.0. The zero-order valence-corrected chi connectivity index (χ0v) is 12.0. The lowest BCUT2D eigenvalue weighted by molar-refractivity contribution is 0.484. The molecular weight excluding hydrogens is 284 g/mol. The van der Waals surface area contributed by atoms with E-state index in [2.05, 4.69) is 16.3 Å². The minimum atomic E-state index is 0.599. The van der Waals surface area contributed by atoms with Gasteiger partial charge in [0.2, 0.25) is 0 Å². The maximum atomic E-state index is 9.10. The third-order valence-corrected chi connectivity index (χ3v) is 4.01. The van der Waals surface area contributed by atoms with Gasteiger partial charge in [-0.1, -0.05) is 30.0 Å². The van der Waals surface area contributed by atoms with Crippen molar-refractivity contribution in [2.45, 2.75) is 17.5 Å². The Kier molecular flexibility index (Phi) is 4.03. The van der Waals surface area contributed by atoms with Crippen LogP contribution in [0.15, 0.2) is 58.6 Å². The van der Waals surface area contributed by atoms with Crippen molar-refractivity contribution >= 4 is 11.8 Å². The highest BCUT2D eigenvalue weighted by Crippen LogP contribution is 2.23. The summed E-state index contributed by atoms with van der Waals surface area (Å²) in [5.74, 6) is 1.54. The topological polar surface area (TPSA) is 67.6 Å². The Bertz CT molecular complexity index is 758. The number of benzene rings is 1. The first-order valence-electron chi connectivity index (χ1n) is 6.38. The lowest BCUT2D eigenvalue weighted by Crippen LogP contribution is -1.99. The minimum Gasteiger partial charge on any atom is -0.467 e. The molecule has 2 aromatic heterocycles. The van der Waals surface area contributed by atoms with Crippen molar-refractivity contribution in [3.63, 3.8) is 0 Å². The van der Waals surface area contributed by atoms with Gasteiger partial charge in [0, 0.05) is 5.75 Å². The maximum Gasteiger partial charge on any atom is 0.191 e. The molecule has 0 fully saturated rings. The van der Waals surface area contributed by atoms with Crippen molar-refractivity contribution in [1.29, 1.82) is 5.26 Å². The molecule has 0 unspecified atom stereocenters. The zero-order valence-electron chi connectivity index (χ0n) is 11.1. The summed E-state index contributed by atoms with van der Waals surface area (Å²) in [6.45, 7) is 0.599. The molecule has 0 saturated heterocycles. The third kappa shape index (κ3) is 3.15. The molecule has 104 valence electrons. The fourth-order valence-electron chi connectivity index (χ4n) is 1.93. The van der Waals surface area contributed by atoms with Crippen LogP contribution in [-0.4, -0.2) is 14.8 Å². The van der Waals surface area contributed by atoms with Gasteiger partial charge in [-0.15, -0.1) is 10.2 Å². The number of aromatic nitrogens is 3. The molecule has 3 rings (SSSR count). The highest BCUT2D eigenvalue weighted by atomic mass is 32.2. The second-order valence-corrected chi connectivity index (χ2v) is 5.32. The molecule has 0 radical (unpaired) electrons. The van der Waals surface area contributed by atoms with Crippen molar-refractivity contribution in [3.05, 3.63) is 65.9 Å². The summed E-state index contributed by atoms with van der Waals surface area (Å²) in [6.07, 6.45) is 3.33. The van der Waals surface area contributed by atoms with E-state index in [0.29, 0.717) is 17.9 Å². The number of nitrogens with zero attached hydrogens (tertiary/aromatic N) is 4. The van der Waals surface area contributed by atoms with Gasteiger partial charge in [-0.2, -0.15) is 5.26 Å². The lowest BCUT2D eigenvalue weighted by atomic mass is 10.1. The van der Waals surface area contributed by atoms with E-state index in [9.17, 15) is 0 Å². The van der Waals surface area contributed by atoms with Crippen LogP contribution in [0.25, 0.3) is 0 Å². The molecule has 1 aromatic carbocycles. The first kappa shape index (κ1) is 13.5. The molecule has 2 heterocycles. The first-order valence-corrected chi connectivity index (χ1v) is 7.36. The smallest absolute Gasteiger partial charge is 0.191 e. The van der Waals surface area contributed by atoms with E-state index in [0.717, 1.165) is 16.5 Å². The van der Waals surface area contributed by atoms with Gasteiger partial charge in [0.15, 0.2) is 5.16 Å². The van der Waals surface area contributed by atoms with Crippen LogP contribution >= 0.6 is 11.8 Å². The minimum absolute atomic E-state index is 0.599. The average molecular weight is 296 g/mol. The molecule has 21 heavy (non-hydrogen) atoms. The standard InChI is InChI=1S/C15H12N4OS/c16-8-12-4-1-2-5-13(12)10-21-15-18-17-11-19(15)9-14-6-3-7-20-14/h1-7,11H,9-10H2. The van der Waals surface area contributed by atoms with E-state index in [-0.39, 0.29) is 0 Å². The van der Waals surface area contributed by atoms with Gasteiger partial charge in [-0.3, -0.25) is 0 Å². The summed E-state index contributed by atoms with van der Waals surface area (Å²) in [7, 11) is 0. The summed E-state index contributed by atoms with van der Waals surface area (Å²) < 4.78 is 7.26. The molecule has 0 atom stereocenters. The summed E-state index contributed by atoms with van der Waals surface area (Å²) in [4.78, 5) is 0. The quantitative estimate of drug-likeness (QED) is 0.677. The van der Waals surface area contributed by atoms with Crippen molar-refractivity contribution < 1.29 is 4.42 Å². The molecule has 0 bridgehead atoms. The SMILES string of the molecule is N#Cc1ccccc1CSc1nncn1Cc1ccco1. The molecule has 0 spiro atoms. The fraction of sp³-hybridized carbons (Fsp3) is 0.133. The average Bonchev–Trinajstić information content (AvgIpc) is 3.18. The second-order valence-electron chi connectivity index (χ2n) is 4.38. The van der Waals surface area contributed by atoms with Crippen molar-refractivity contribution in [2.24, 2.45) is 0 Å². The third-order valence-electron chi connectivity index (χ3n) is 2.98.